The average molecular weight is 522 g/mol. The number of thioether (sulfide) groups is 1. The largest absolute Gasteiger partial charge is 0.486 e. The number of halogens is 1. The van der Waals surface area contributed by atoms with Crippen LogP contribution in [0.15, 0.2) is 49.4 Å². The molecule has 166 valence electrons. The van der Waals surface area contributed by atoms with Gasteiger partial charge in [0.15, 0.2) is 38.6 Å². The SMILES string of the molecule is Nc1nc(SCC(=O)Nc2ccc3c(c2)OCCO3)[nH]c(=O)c1NC(=O)c1ccc(Br)o1. The molecule has 0 spiro atoms. The molecule has 2 amide bonds. The number of anilines is 3. The Morgan fingerprint density at radius 3 is 2.66 bits per heavy atom. The third-order valence-corrected chi connectivity index (χ3v) is 5.43. The van der Waals surface area contributed by atoms with Crippen molar-refractivity contribution in [3.05, 3.63) is 51.1 Å². The Morgan fingerprint density at radius 1 is 1.16 bits per heavy atom. The molecule has 4 rings (SSSR count). The van der Waals surface area contributed by atoms with Crippen LogP contribution in [0, 0.1) is 0 Å². The van der Waals surface area contributed by atoms with E-state index < -0.39 is 11.5 Å². The lowest BCUT2D eigenvalue weighted by Crippen LogP contribution is -2.23. The summed E-state index contributed by atoms with van der Waals surface area (Å²) in [6.07, 6.45) is 0. The van der Waals surface area contributed by atoms with Crippen LogP contribution < -0.4 is 31.4 Å². The fourth-order valence-electron chi connectivity index (χ4n) is 2.72. The monoisotopic (exact) mass is 521 g/mol. The first-order chi connectivity index (χ1) is 15.4. The summed E-state index contributed by atoms with van der Waals surface area (Å²) in [5, 5.41) is 5.22. The molecule has 1 aliphatic rings. The Labute approximate surface area is 193 Å². The Balaban J connectivity index is 1.36. The van der Waals surface area contributed by atoms with Crippen LogP contribution in [0.3, 0.4) is 0 Å². The molecule has 13 heteroatoms. The zero-order valence-electron chi connectivity index (χ0n) is 16.3. The molecule has 3 heterocycles. The Bertz CT molecular complexity index is 1240. The van der Waals surface area contributed by atoms with Crippen molar-refractivity contribution >= 4 is 56.7 Å². The van der Waals surface area contributed by atoms with Crippen LogP contribution in [0.4, 0.5) is 17.2 Å². The molecule has 0 radical (unpaired) electrons. The van der Waals surface area contributed by atoms with Crippen LogP contribution in [0.1, 0.15) is 10.6 Å². The lowest BCUT2D eigenvalue weighted by Gasteiger charge is -2.19. The predicted molar refractivity (Wildman–Crippen MR) is 120 cm³/mol. The van der Waals surface area contributed by atoms with Gasteiger partial charge in [-0.1, -0.05) is 11.8 Å². The van der Waals surface area contributed by atoms with Gasteiger partial charge in [0.25, 0.3) is 11.5 Å². The average Bonchev–Trinajstić information content (AvgIpc) is 3.21. The number of carbonyl (C=O) groups is 2. The number of carbonyl (C=O) groups excluding carboxylic acids is 2. The van der Waals surface area contributed by atoms with Crippen molar-refractivity contribution in [2.24, 2.45) is 0 Å². The molecule has 1 aromatic carbocycles. The Hall–Kier alpha value is -3.45. The molecule has 1 aliphatic heterocycles. The maximum Gasteiger partial charge on any atom is 0.291 e. The van der Waals surface area contributed by atoms with E-state index in [9.17, 15) is 14.4 Å². The molecule has 2 aromatic heterocycles. The van der Waals surface area contributed by atoms with Gasteiger partial charge in [-0.25, -0.2) is 4.98 Å². The third-order valence-electron chi connectivity index (χ3n) is 4.13. The number of rotatable bonds is 6. The summed E-state index contributed by atoms with van der Waals surface area (Å²) in [7, 11) is 0. The number of furan rings is 1. The van der Waals surface area contributed by atoms with Crippen molar-refractivity contribution in [2.75, 3.05) is 35.3 Å². The quantitative estimate of drug-likeness (QED) is 0.282. The first-order valence-electron chi connectivity index (χ1n) is 9.18. The smallest absolute Gasteiger partial charge is 0.291 e. The molecule has 0 saturated carbocycles. The molecule has 11 nitrogen and oxygen atoms in total. The van der Waals surface area contributed by atoms with E-state index in [0.717, 1.165) is 11.8 Å². The fourth-order valence-corrected chi connectivity index (χ4v) is 3.70. The molecule has 0 fully saturated rings. The maximum absolute atomic E-state index is 12.3. The molecule has 3 aromatic rings. The van der Waals surface area contributed by atoms with Crippen LogP contribution in [-0.2, 0) is 4.79 Å². The number of amides is 2. The van der Waals surface area contributed by atoms with Gasteiger partial charge in [0.05, 0.1) is 5.75 Å². The highest BCUT2D eigenvalue weighted by Gasteiger charge is 2.17. The zero-order valence-corrected chi connectivity index (χ0v) is 18.7. The van der Waals surface area contributed by atoms with Gasteiger partial charge < -0.3 is 30.3 Å². The van der Waals surface area contributed by atoms with Crippen LogP contribution >= 0.6 is 27.7 Å². The molecule has 0 bridgehead atoms. The normalized spacial score (nSPS) is 12.3. The van der Waals surface area contributed by atoms with Crippen LogP contribution in [0.25, 0.3) is 0 Å². The number of nitrogens with zero attached hydrogens (tertiary/aromatic N) is 1. The van der Waals surface area contributed by atoms with Crippen LogP contribution in [-0.4, -0.2) is 40.7 Å². The summed E-state index contributed by atoms with van der Waals surface area (Å²) >= 11 is 4.07. The van der Waals surface area contributed by atoms with Crippen LogP contribution in [0.5, 0.6) is 11.5 Å². The Kier molecular flexibility index (Phi) is 6.37. The number of nitrogens with one attached hydrogen (secondary N) is 3. The maximum atomic E-state index is 12.3. The minimum absolute atomic E-state index is 0.00932. The standard InChI is InChI=1S/C19H16BrN5O6S/c20-13-4-3-11(31-13)17(27)23-15-16(21)24-19(25-18(15)28)32-8-14(26)22-9-1-2-10-12(7-9)30-6-5-29-10/h1-4,7H,5-6,8H2,(H,22,26)(H,23,27)(H3,21,24,25,28). The predicted octanol–water partition coefficient (Wildman–Crippen LogP) is 2.46. The highest BCUT2D eigenvalue weighted by atomic mass is 79.9. The second-order valence-corrected chi connectivity index (χ2v) is 8.13. The van der Waals surface area contributed by atoms with Crippen LogP contribution in [0.2, 0.25) is 0 Å². The molecule has 0 unspecified atom stereocenters. The number of nitrogens with two attached hydrogens (primary N) is 1. The lowest BCUT2D eigenvalue weighted by atomic mass is 10.2. The highest BCUT2D eigenvalue weighted by molar-refractivity contribution is 9.10. The highest BCUT2D eigenvalue weighted by Crippen LogP contribution is 2.32. The van der Waals surface area contributed by atoms with Gasteiger partial charge >= 0.3 is 0 Å². The van der Waals surface area contributed by atoms with E-state index in [1.807, 2.05) is 0 Å². The van der Waals surface area contributed by atoms with E-state index in [1.165, 1.54) is 12.1 Å². The summed E-state index contributed by atoms with van der Waals surface area (Å²) in [6, 6.07) is 8.05. The summed E-state index contributed by atoms with van der Waals surface area (Å²) in [6.45, 7) is 0.920. The van der Waals surface area contributed by atoms with E-state index in [4.69, 9.17) is 19.6 Å². The number of aromatic amines is 1. The molecule has 0 saturated heterocycles. The summed E-state index contributed by atoms with van der Waals surface area (Å²) in [5.41, 5.74) is 5.49. The molecule has 0 atom stereocenters. The molecular formula is C19H16BrN5O6S. The van der Waals surface area contributed by atoms with E-state index in [1.54, 1.807) is 18.2 Å². The zero-order chi connectivity index (χ0) is 22.7. The number of benzene rings is 1. The lowest BCUT2D eigenvalue weighted by molar-refractivity contribution is -0.113. The number of fused-ring (bicyclic) bond motifs is 1. The number of H-pyrrole nitrogens is 1. The van der Waals surface area contributed by atoms with E-state index in [0.29, 0.717) is 35.1 Å². The second-order valence-electron chi connectivity index (χ2n) is 6.38. The Morgan fingerprint density at radius 2 is 1.94 bits per heavy atom. The number of ether oxygens (including phenoxy) is 2. The van der Waals surface area contributed by atoms with E-state index >= 15 is 0 Å². The van der Waals surface area contributed by atoms with Crippen molar-refractivity contribution in [2.45, 2.75) is 5.16 Å². The molecule has 32 heavy (non-hydrogen) atoms. The van der Waals surface area contributed by atoms with E-state index in [2.05, 4.69) is 36.5 Å². The fraction of sp³-hybridized carbons (Fsp3) is 0.158. The van der Waals surface area contributed by atoms with Gasteiger partial charge in [0.2, 0.25) is 5.91 Å². The third kappa shape index (κ3) is 5.06. The number of hydrogen-bond acceptors (Lipinski definition) is 9. The molecular weight excluding hydrogens is 506 g/mol. The number of hydrogen-bond donors (Lipinski definition) is 4. The summed E-state index contributed by atoms with van der Waals surface area (Å²) < 4.78 is 16.4. The van der Waals surface area contributed by atoms with Gasteiger partial charge in [-0.2, -0.15) is 0 Å². The number of nitrogen functional groups attached to an aromatic ring is 1. The molecule has 5 N–H and O–H groups in total. The van der Waals surface area contributed by atoms with Gasteiger partial charge in [-0.3, -0.25) is 19.4 Å². The van der Waals surface area contributed by atoms with Crippen molar-refractivity contribution < 1.29 is 23.5 Å². The minimum atomic E-state index is -0.661. The van der Waals surface area contributed by atoms with Gasteiger partial charge in [-0.05, 0) is 40.2 Å². The van der Waals surface area contributed by atoms with Crippen molar-refractivity contribution in [3.63, 3.8) is 0 Å². The molecule has 0 aliphatic carbocycles. The van der Waals surface area contributed by atoms with Gasteiger partial charge in [0.1, 0.15) is 13.2 Å². The minimum Gasteiger partial charge on any atom is -0.486 e. The van der Waals surface area contributed by atoms with Crippen molar-refractivity contribution in [1.82, 2.24) is 9.97 Å². The number of aromatic nitrogens is 2. The van der Waals surface area contributed by atoms with Crippen molar-refractivity contribution in [1.29, 1.82) is 0 Å². The first kappa shape index (κ1) is 21.8. The topological polar surface area (TPSA) is 162 Å². The van der Waals surface area contributed by atoms with E-state index in [-0.39, 0.29) is 34.1 Å². The second kappa shape index (κ2) is 9.36. The summed E-state index contributed by atoms with van der Waals surface area (Å²) in [4.78, 5) is 43.3. The van der Waals surface area contributed by atoms with Gasteiger partial charge in [-0.15, -0.1) is 0 Å². The summed E-state index contributed by atoms with van der Waals surface area (Å²) in [5.74, 6) is -0.0501. The first-order valence-corrected chi connectivity index (χ1v) is 11.0. The van der Waals surface area contributed by atoms with Gasteiger partial charge in [0, 0.05) is 11.8 Å². The van der Waals surface area contributed by atoms with Crippen molar-refractivity contribution in [3.8, 4) is 11.5 Å².